The fraction of sp³-hybridized carbons (Fsp3) is 1.00. The van der Waals surface area contributed by atoms with Crippen molar-refractivity contribution in [3.05, 3.63) is 0 Å². The number of hydrogen-bond acceptors (Lipinski definition) is 6. The molecule has 0 spiro atoms. The Kier molecular flexibility index (Phi) is 3.70. The molecular formula is C12H22O6. The molecule has 0 aromatic carbocycles. The lowest BCUT2D eigenvalue weighted by molar-refractivity contribution is -0.246. The molecule has 0 amide bonds. The van der Waals surface area contributed by atoms with Crippen molar-refractivity contribution in [1.82, 2.24) is 0 Å². The molecule has 0 radical (unpaired) electrons. The molecule has 0 saturated carbocycles. The van der Waals surface area contributed by atoms with Gasteiger partial charge in [0.25, 0.3) is 0 Å². The van der Waals surface area contributed by atoms with Gasteiger partial charge in [0.2, 0.25) is 0 Å². The van der Waals surface area contributed by atoms with Crippen LogP contribution in [0.3, 0.4) is 0 Å². The van der Waals surface area contributed by atoms with Crippen LogP contribution in [0.5, 0.6) is 0 Å². The molecule has 2 rings (SSSR count). The van der Waals surface area contributed by atoms with Crippen molar-refractivity contribution < 1.29 is 28.8 Å². The van der Waals surface area contributed by atoms with Gasteiger partial charge in [-0.1, -0.05) is 0 Å². The highest BCUT2D eigenvalue weighted by Crippen LogP contribution is 2.37. The van der Waals surface area contributed by atoms with Gasteiger partial charge in [-0.25, -0.2) is 0 Å². The van der Waals surface area contributed by atoms with E-state index in [1.54, 1.807) is 34.8 Å². The monoisotopic (exact) mass is 262 g/mol. The van der Waals surface area contributed by atoms with Crippen molar-refractivity contribution in [2.45, 2.75) is 63.9 Å². The summed E-state index contributed by atoms with van der Waals surface area (Å²) in [6.07, 6.45) is -2.22. The summed E-state index contributed by atoms with van der Waals surface area (Å²) < 4.78 is 27.4. The smallest absolute Gasteiger partial charge is 0.190 e. The van der Waals surface area contributed by atoms with E-state index in [-0.39, 0.29) is 6.61 Å². The van der Waals surface area contributed by atoms with E-state index < -0.39 is 36.2 Å². The van der Waals surface area contributed by atoms with Gasteiger partial charge in [0.05, 0.1) is 6.61 Å². The summed E-state index contributed by atoms with van der Waals surface area (Å²) in [6.45, 7) is 7.40. The zero-order valence-corrected chi connectivity index (χ0v) is 11.5. The van der Waals surface area contributed by atoms with Gasteiger partial charge in [0.1, 0.15) is 18.3 Å². The van der Waals surface area contributed by atoms with Gasteiger partial charge in [-0.15, -0.1) is 0 Å². The number of ether oxygens (including phenoxy) is 5. The average Bonchev–Trinajstić information content (AvgIpc) is 2.71. The number of rotatable bonds is 4. The average molecular weight is 262 g/mol. The quantitative estimate of drug-likeness (QED) is 0.749. The van der Waals surface area contributed by atoms with Crippen LogP contribution < -0.4 is 0 Å². The Morgan fingerprint density at radius 3 is 2.50 bits per heavy atom. The Labute approximate surface area is 107 Å². The Bertz CT molecular complexity index is 303. The maximum atomic E-state index is 10.1. The van der Waals surface area contributed by atoms with Crippen LogP contribution in [0.2, 0.25) is 0 Å². The second-order valence-electron chi connectivity index (χ2n) is 5.55. The molecule has 0 aliphatic carbocycles. The molecule has 18 heavy (non-hydrogen) atoms. The summed E-state index contributed by atoms with van der Waals surface area (Å²) in [4.78, 5) is 0. The lowest BCUT2D eigenvalue weighted by atomic mass is 10.1. The van der Waals surface area contributed by atoms with Crippen molar-refractivity contribution in [1.29, 1.82) is 0 Å². The highest BCUT2D eigenvalue weighted by atomic mass is 16.8. The Balaban J connectivity index is 1.88. The van der Waals surface area contributed by atoms with Gasteiger partial charge in [-0.3, -0.25) is 0 Å². The van der Waals surface area contributed by atoms with E-state index in [0.29, 0.717) is 0 Å². The molecular weight excluding hydrogens is 240 g/mol. The van der Waals surface area contributed by atoms with Crippen LogP contribution in [-0.4, -0.2) is 55.0 Å². The summed E-state index contributed by atoms with van der Waals surface area (Å²) in [5.74, 6) is -1.42. The van der Waals surface area contributed by atoms with Gasteiger partial charge in [-0.2, -0.15) is 0 Å². The molecule has 2 saturated heterocycles. The highest BCUT2D eigenvalue weighted by Gasteiger charge is 2.54. The summed E-state index contributed by atoms with van der Waals surface area (Å²) >= 11 is 0. The highest BCUT2D eigenvalue weighted by molar-refractivity contribution is 4.92. The van der Waals surface area contributed by atoms with Crippen LogP contribution >= 0.6 is 0 Å². The molecule has 2 aliphatic heterocycles. The molecule has 0 bridgehead atoms. The molecule has 6 heteroatoms. The van der Waals surface area contributed by atoms with E-state index in [2.05, 4.69) is 0 Å². The lowest BCUT2D eigenvalue weighted by Crippen LogP contribution is -2.39. The minimum Gasteiger partial charge on any atom is -0.387 e. The Morgan fingerprint density at radius 1 is 1.28 bits per heavy atom. The minimum absolute atomic E-state index is 0.224. The first-order valence-corrected chi connectivity index (χ1v) is 6.12. The number of aliphatic hydroxyl groups is 1. The van der Waals surface area contributed by atoms with Crippen LogP contribution in [0, 0.1) is 0 Å². The first kappa shape index (κ1) is 14.2. The van der Waals surface area contributed by atoms with Gasteiger partial charge in [0, 0.05) is 7.11 Å². The van der Waals surface area contributed by atoms with E-state index in [9.17, 15) is 5.11 Å². The van der Waals surface area contributed by atoms with Crippen LogP contribution in [-0.2, 0) is 23.7 Å². The van der Waals surface area contributed by atoms with Crippen molar-refractivity contribution in [3.8, 4) is 0 Å². The third-order valence-electron chi connectivity index (χ3n) is 3.20. The number of hydrogen-bond donors (Lipinski definition) is 1. The van der Waals surface area contributed by atoms with Gasteiger partial charge in [-0.05, 0) is 27.7 Å². The molecule has 0 aromatic heterocycles. The van der Waals surface area contributed by atoms with E-state index in [0.717, 1.165) is 0 Å². The predicted molar refractivity (Wildman–Crippen MR) is 61.7 cm³/mol. The molecule has 4 atom stereocenters. The van der Waals surface area contributed by atoms with Gasteiger partial charge in [0.15, 0.2) is 17.9 Å². The van der Waals surface area contributed by atoms with Crippen molar-refractivity contribution >= 4 is 0 Å². The fourth-order valence-electron chi connectivity index (χ4n) is 2.04. The molecule has 2 fully saturated rings. The number of fused-ring (bicyclic) bond motifs is 1. The second kappa shape index (κ2) is 4.70. The zero-order valence-electron chi connectivity index (χ0n) is 11.5. The van der Waals surface area contributed by atoms with E-state index in [1.807, 2.05) is 0 Å². The lowest BCUT2D eigenvalue weighted by Gasteiger charge is -2.27. The molecule has 2 unspecified atom stereocenters. The first-order valence-electron chi connectivity index (χ1n) is 6.12. The summed E-state index contributed by atoms with van der Waals surface area (Å²) in [7, 11) is 1.56. The summed E-state index contributed by atoms with van der Waals surface area (Å²) in [6, 6.07) is 0. The Hall–Kier alpha value is -0.240. The van der Waals surface area contributed by atoms with E-state index >= 15 is 0 Å². The molecule has 1 N–H and O–H groups in total. The summed E-state index contributed by atoms with van der Waals surface area (Å²) in [5.41, 5.74) is 0. The SMILES string of the molecule is COC(C)(C)OC[C@H]1O[C@@H]2OC(C)(C)OC2C1O. The molecule has 106 valence electrons. The summed E-state index contributed by atoms with van der Waals surface area (Å²) in [5, 5.41) is 10.1. The van der Waals surface area contributed by atoms with E-state index in [1.165, 1.54) is 0 Å². The molecule has 0 aromatic rings. The van der Waals surface area contributed by atoms with Crippen LogP contribution in [0.15, 0.2) is 0 Å². The van der Waals surface area contributed by atoms with Crippen LogP contribution in [0.4, 0.5) is 0 Å². The third kappa shape index (κ3) is 2.84. The maximum Gasteiger partial charge on any atom is 0.190 e. The third-order valence-corrected chi connectivity index (χ3v) is 3.20. The van der Waals surface area contributed by atoms with Gasteiger partial charge < -0.3 is 28.8 Å². The number of methoxy groups -OCH3 is 1. The second-order valence-corrected chi connectivity index (χ2v) is 5.55. The largest absolute Gasteiger partial charge is 0.387 e. The van der Waals surface area contributed by atoms with Crippen molar-refractivity contribution in [3.63, 3.8) is 0 Å². The molecule has 2 heterocycles. The van der Waals surface area contributed by atoms with Crippen LogP contribution in [0.25, 0.3) is 0 Å². The molecule has 2 aliphatic rings. The fourth-order valence-corrected chi connectivity index (χ4v) is 2.04. The van der Waals surface area contributed by atoms with Crippen molar-refractivity contribution in [2.24, 2.45) is 0 Å². The zero-order chi connectivity index (χ0) is 13.6. The van der Waals surface area contributed by atoms with E-state index in [4.69, 9.17) is 23.7 Å². The normalized spacial score (nSPS) is 39.0. The first-order chi connectivity index (χ1) is 8.24. The standard InChI is InChI=1S/C12H22O6/c1-11(2,14-5)15-6-7-8(13)9-10(16-7)18-12(3,4)17-9/h7-10,13H,6H2,1-5H3/t7-,8?,9?,10-/m1/s1. The Morgan fingerprint density at radius 2 is 1.94 bits per heavy atom. The topological polar surface area (TPSA) is 66.4 Å². The minimum atomic E-state index is -0.760. The predicted octanol–water partition coefficient (Wildman–Crippen LogP) is 0.623. The van der Waals surface area contributed by atoms with Gasteiger partial charge >= 0.3 is 0 Å². The molecule has 6 nitrogen and oxygen atoms in total. The maximum absolute atomic E-state index is 10.1. The number of aliphatic hydroxyl groups excluding tert-OH is 1. The van der Waals surface area contributed by atoms with Crippen molar-refractivity contribution in [2.75, 3.05) is 13.7 Å². The van der Waals surface area contributed by atoms with Crippen LogP contribution in [0.1, 0.15) is 27.7 Å².